The maximum atomic E-state index is 12.7. The van der Waals surface area contributed by atoms with Gasteiger partial charge in [0, 0.05) is 17.3 Å². The van der Waals surface area contributed by atoms with Crippen LogP contribution in [-0.2, 0) is 0 Å². The van der Waals surface area contributed by atoms with Crippen LogP contribution in [0, 0.1) is 13.8 Å². The summed E-state index contributed by atoms with van der Waals surface area (Å²) in [6, 6.07) is 17.2. The third-order valence-electron chi connectivity index (χ3n) is 4.61. The van der Waals surface area contributed by atoms with Crippen LogP contribution in [-0.4, -0.2) is 22.6 Å². The Balaban J connectivity index is 1.77. The summed E-state index contributed by atoms with van der Waals surface area (Å²) >= 11 is 0. The fourth-order valence-corrected chi connectivity index (χ4v) is 3.16. The summed E-state index contributed by atoms with van der Waals surface area (Å²) < 4.78 is 6.85. The number of nitrogens with one attached hydrogen (secondary N) is 3. The first kappa shape index (κ1) is 17.8. The normalized spacial score (nSPS) is 15.2. The number of rotatable bonds is 3. The van der Waals surface area contributed by atoms with Gasteiger partial charge in [-0.15, -0.1) is 0 Å². The molecule has 3 N–H and O–H groups in total. The maximum Gasteiger partial charge on any atom is 0.357 e. The highest BCUT2D eigenvalue weighted by molar-refractivity contribution is 5.99. The van der Waals surface area contributed by atoms with Crippen molar-refractivity contribution in [2.45, 2.75) is 20.0 Å². The molecule has 1 aromatic heterocycles. The predicted octanol–water partition coefficient (Wildman–Crippen LogP) is 1.39. The number of aryl methyl sites for hydroxylation is 2. The molecule has 142 valence electrons. The number of fused-ring (bicyclic) bond motifs is 1. The Labute approximate surface area is 162 Å². The van der Waals surface area contributed by atoms with Crippen LogP contribution in [0.15, 0.2) is 59.4 Å². The van der Waals surface area contributed by atoms with Crippen LogP contribution in [0.4, 0.5) is 11.6 Å². The van der Waals surface area contributed by atoms with Gasteiger partial charge in [0.15, 0.2) is 6.17 Å². The van der Waals surface area contributed by atoms with Crippen molar-refractivity contribution in [3.05, 3.63) is 81.8 Å². The standard InChI is InChI=1S/C21H21N5O2/c1-13-4-8-16(9-5-13)23-20-24-19(15-6-10-17(28-3)11-7-15)26-18(27)12-14(2)22-21(26)25-20/h4-12,19H,1-3H3,(H2,22,23,24,25)/p+1/t19-/m1/s1. The van der Waals surface area contributed by atoms with Gasteiger partial charge in [0.2, 0.25) is 0 Å². The molecule has 0 unspecified atom stereocenters. The first-order chi connectivity index (χ1) is 13.5. The molecule has 0 aliphatic carbocycles. The van der Waals surface area contributed by atoms with Crippen molar-refractivity contribution in [3.63, 3.8) is 0 Å². The van der Waals surface area contributed by atoms with Gasteiger partial charge in [0.1, 0.15) is 5.75 Å². The molecule has 3 aromatic rings. The average Bonchev–Trinajstić information content (AvgIpc) is 2.69. The van der Waals surface area contributed by atoms with E-state index in [1.54, 1.807) is 18.6 Å². The lowest BCUT2D eigenvalue weighted by molar-refractivity contribution is -0.520. The predicted molar refractivity (Wildman–Crippen MR) is 109 cm³/mol. The van der Waals surface area contributed by atoms with E-state index in [2.05, 4.69) is 20.6 Å². The van der Waals surface area contributed by atoms with Crippen LogP contribution in [0.3, 0.4) is 0 Å². The van der Waals surface area contributed by atoms with E-state index in [1.165, 1.54) is 11.6 Å². The molecule has 2 heterocycles. The van der Waals surface area contributed by atoms with E-state index in [1.807, 2.05) is 55.5 Å². The topological polar surface area (TPSA) is 82.2 Å². The van der Waals surface area contributed by atoms with Gasteiger partial charge in [0.25, 0.3) is 11.5 Å². The lowest BCUT2D eigenvalue weighted by Crippen LogP contribution is -2.82. The number of hydrogen-bond donors (Lipinski definition) is 3. The van der Waals surface area contributed by atoms with Gasteiger partial charge >= 0.3 is 5.96 Å². The Morgan fingerprint density at radius 2 is 1.82 bits per heavy atom. The Kier molecular flexibility index (Phi) is 4.57. The minimum Gasteiger partial charge on any atom is -0.497 e. The van der Waals surface area contributed by atoms with Crippen LogP contribution in [0.2, 0.25) is 0 Å². The first-order valence-corrected chi connectivity index (χ1v) is 9.02. The highest BCUT2D eigenvalue weighted by Gasteiger charge is 2.29. The quantitative estimate of drug-likeness (QED) is 0.644. The lowest BCUT2D eigenvalue weighted by Gasteiger charge is -2.23. The van der Waals surface area contributed by atoms with Gasteiger partial charge in [0.05, 0.1) is 12.8 Å². The highest BCUT2D eigenvalue weighted by Crippen LogP contribution is 2.19. The Hall–Kier alpha value is -3.61. The summed E-state index contributed by atoms with van der Waals surface area (Å²) in [4.78, 5) is 20.6. The number of anilines is 2. The molecular weight excluding hydrogens is 354 g/mol. The molecule has 0 radical (unpaired) electrons. The number of hydrogen-bond acceptors (Lipinski definition) is 5. The van der Waals surface area contributed by atoms with E-state index in [-0.39, 0.29) is 5.56 Å². The smallest absolute Gasteiger partial charge is 0.357 e. The number of nitrogens with zero attached hydrogens (tertiary/aromatic N) is 2. The first-order valence-electron chi connectivity index (χ1n) is 9.02. The van der Waals surface area contributed by atoms with Gasteiger partial charge in [-0.3, -0.25) is 9.79 Å². The van der Waals surface area contributed by atoms with Crippen LogP contribution < -0.4 is 25.9 Å². The maximum absolute atomic E-state index is 12.7. The fraction of sp³-hybridized carbons (Fsp3) is 0.190. The van der Waals surface area contributed by atoms with E-state index in [4.69, 9.17) is 4.74 Å². The third-order valence-corrected chi connectivity index (χ3v) is 4.61. The molecule has 7 heteroatoms. The summed E-state index contributed by atoms with van der Waals surface area (Å²) in [5.74, 6) is 1.90. The van der Waals surface area contributed by atoms with Crippen molar-refractivity contribution in [1.29, 1.82) is 0 Å². The third kappa shape index (κ3) is 3.46. The number of benzene rings is 2. The molecule has 2 aromatic carbocycles. The highest BCUT2D eigenvalue weighted by atomic mass is 16.5. The SMILES string of the molecule is COc1ccc([C@@H]2[NH+]=C(Nc3ccc(C)cc3)Nc3nc(C)cc(=O)n32)cc1. The number of ether oxygens (including phenoxy) is 1. The Morgan fingerprint density at radius 1 is 1.11 bits per heavy atom. The van der Waals surface area contributed by atoms with Crippen molar-refractivity contribution >= 4 is 17.6 Å². The van der Waals surface area contributed by atoms with Crippen LogP contribution in [0.1, 0.15) is 23.0 Å². The molecule has 1 aliphatic heterocycles. The molecule has 4 rings (SSSR count). The summed E-state index contributed by atoms with van der Waals surface area (Å²) in [6.07, 6.45) is -0.407. The van der Waals surface area contributed by atoms with Crippen LogP contribution >= 0.6 is 0 Å². The van der Waals surface area contributed by atoms with E-state index in [0.29, 0.717) is 17.6 Å². The van der Waals surface area contributed by atoms with Crippen molar-refractivity contribution in [1.82, 2.24) is 9.55 Å². The van der Waals surface area contributed by atoms with Gasteiger partial charge in [-0.1, -0.05) is 17.7 Å². The molecule has 0 fully saturated rings. The summed E-state index contributed by atoms with van der Waals surface area (Å²) in [5, 5.41) is 6.51. The molecule has 0 saturated carbocycles. The van der Waals surface area contributed by atoms with E-state index in [9.17, 15) is 4.79 Å². The Bertz CT molecular complexity index is 1090. The van der Waals surface area contributed by atoms with Crippen molar-refractivity contribution in [2.24, 2.45) is 0 Å². The molecule has 0 amide bonds. The zero-order valence-electron chi connectivity index (χ0n) is 16.0. The van der Waals surface area contributed by atoms with Gasteiger partial charge < -0.3 is 4.74 Å². The monoisotopic (exact) mass is 376 g/mol. The summed E-state index contributed by atoms with van der Waals surface area (Å²) in [5.41, 5.74) is 3.56. The molecule has 0 spiro atoms. The molecule has 7 nitrogen and oxygen atoms in total. The Morgan fingerprint density at radius 3 is 2.50 bits per heavy atom. The molecule has 0 bridgehead atoms. The second-order valence-corrected chi connectivity index (χ2v) is 6.74. The zero-order valence-corrected chi connectivity index (χ0v) is 16.0. The van der Waals surface area contributed by atoms with Crippen molar-refractivity contribution < 1.29 is 9.73 Å². The number of methoxy groups -OCH3 is 1. The van der Waals surface area contributed by atoms with Crippen molar-refractivity contribution in [2.75, 3.05) is 17.7 Å². The molecule has 0 saturated heterocycles. The largest absolute Gasteiger partial charge is 0.497 e. The van der Waals surface area contributed by atoms with Crippen LogP contribution in [0.25, 0.3) is 0 Å². The molecule has 1 aliphatic rings. The van der Waals surface area contributed by atoms with Gasteiger partial charge in [-0.25, -0.2) is 20.2 Å². The fourth-order valence-electron chi connectivity index (χ4n) is 3.16. The second-order valence-electron chi connectivity index (χ2n) is 6.74. The average molecular weight is 376 g/mol. The van der Waals surface area contributed by atoms with Crippen LogP contribution in [0.5, 0.6) is 5.75 Å². The summed E-state index contributed by atoms with van der Waals surface area (Å²) in [6.45, 7) is 3.85. The molecular formula is C21H22N5O2+. The second kappa shape index (κ2) is 7.19. The summed E-state index contributed by atoms with van der Waals surface area (Å²) in [7, 11) is 1.63. The van der Waals surface area contributed by atoms with Gasteiger partial charge in [-0.2, -0.15) is 0 Å². The lowest BCUT2D eigenvalue weighted by atomic mass is 10.1. The van der Waals surface area contributed by atoms with E-state index < -0.39 is 6.17 Å². The zero-order chi connectivity index (χ0) is 19.7. The molecule has 1 atom stereocenters. The number of aromatic nitrogens is 2. The van der Waals surface area contributed by atoms with Crippen molar-refractivity contribution in [3.8, 4) is 5.75 Å². The van der Waals surface area contributed by atoms with Gasteiger partial charge in [-0.05, 0) is 50.2 Å². The minimum atomic E-state index is -0.407. The van der Waals surface area contributed by atoms with E-state index in [0.717, 1.165) is 17.0 Å². The van der Waals surface area contributed by atoms with E-state index >= 15 is 0 Å². The minimum absolute atomic E-state index is 0.127. The molecule has 28 heavy (non-hydrogen) atoms. The number of guanidine groups is 1.